The van der Waals surface area contributed by atoms with E-state index in [2.05, 4.69) is 22.9 Å². The second kappa shape index (κ2) is 7.95. The van der Waals surface area contributed by atoms with Crippen LogP contribution in [0.1, 0.15) is 38.2 Å². The molecule has 1 atom stereocenters. The quantitative estimate of drug-likeness (QED) is 0.714. The second-order valence-corrected chi connectivity index (χ2v) is 6.68. The summed E-state index contributed by atoms with van der Waals surface area (Å²) in [5.41, 5.74) is 1.15. The SMILES string of the molecule is Cc1c(Br)cccc1OC1CCC(OC[C@H](C)C=O)CC1. The van der Waals surface area contributed by atoms with Crippen LogP contribution >= 0.6 is 15.9 Å². The van der Waals surface area contributed by atoms with Crippen molar-refractivity contribution in [2.24, 2.45) is 5.92 Å². The van der Waals surface area contributed by atoms with Gasteiger partial charge in [-0.15, -0.1) is 0 Å². The summed E-state index contributed by atoms with van der Waals surface area (Å²) in [5, 5.41) is 0. The Balaban J connectivity index is 1.79. The van der Waals surface area contributed by atoms with Crippen molar-refractivity contribution >= 4 is 22.2 Å². The average Bonchev–Trinajstić information content (AvgIpc) is 2.51. The highest BCUT2D eigenvalue weighted by Gasteiger charge is 2.23. The van der Waals surface area contributed by atoms with E-state index in [1.54, 1.807) is 0 Å². The number of aldehydes is 1. The first-order valence-corrected chi connectivity index (χ1v) is 8.38. The maximum absolute atomic E-state index is 10.6. The van der Waals surface area contributed by atoms with Gasteiger partial charge in [-0.1, -0.05) is 28.9 Å². The third-order valence-electron chi connectivity index (χ3n) is 3.96. The van der Waals surface area contributed by atoms with Gasteiger partial charge in [0.25, 0.3) is 0 Å². The van der Waals surface area contributed by atoms with E-state index in [-0.39, 0.29) is 18.1 Å². The highest BCUT2D eigenvalue weighted by Crippen LogP contribution is 2.30. The minimum absolute atomic E-state index is 0.0108. The zero-order chi connectivity index (χ0) is 15.2. The maximum Gasteiger partial charge on any atom is 0.125 e. The molecule has 0 aliphatic heterocycles. The zero-order valence-electron chi connectivity index (χ0n) is 12.7. The van der Waals surface area contributed by atoms with Crippen molar-refractivity contribution in [3.8, 4) is 5.75 Å². The van der Waals surface area contributed by atoms with Gasteiger partial charge in [0.15, 0.2) is 0 Å². The number of rotatable bonds is 6. The van der Waals surface area contributed by atoms with Crippen LogP contribution in [0.25, 0.3) is 0 Å². The summed E-state index contributed by atoms with van der Waals surface area (Å²) in [4.78, 5) is 10.6. The van der Waals surface area contributed by atoms with E-state index < -0.39 is 0 Å². The van der Waals surface area contributed by atoms with Gasteiger partial charge in [0.2, 0.25) is 0 Å². The van der Waals surface area contributed by atoms with Crippen LogP contribution in [0.15, 0.2) is 22.7 Å². The summed E-state index contributed by atoms with van der Waals surface area (Å²) >= 11 is 3.53. The number of hydrogen-bond donors (Lipinski definition) is 0. The van der Waals surface area contributed by atoms with Crippen LogP contribution in [0.5, 0.6) is 5.75 Å². The minimum atomic E-state index is -0.0108. The van der Waals surface area contributed by atoms with Crippen LogP contribution in [0.4, 0.5) is 0 Å². The normalized spacial score (nSPS) is 23.6. The molecule has 116 valence electrons. The fraction of sp³-hybridized carbons (Fsp3) is 0.588. The van der Waals surface area contributed by atoms with Gasteiger partial charge < -0.3 is 14.3 Å². The van der Waals surface area contributed by atoms with E-state index in [0.717, 1.165) is 47.8 Å². The topological polar surface area (TPSA) is 35.5 Å². The average molecular weight is 355 g/mol. The molecule has 0 bridgehead atoms. The van der Waals surface area contributed by atoms with E-state index in [0.29, 0.717) is 6.61 Å². The van der Waals surface area contributed by atoms with Crippen molar-refractivity contribution in [1.82, 2.24) is 0 Å². The molecule has 1 aliphatic carbocycles. The number of hydrogen-bond acceptors (Lipinski definition) is 3. The molecule has 0 unspecified atom stereocenters. The minimum Gasteiger partial charge on any atom is -0.490 e. The molecule has 2 rings (SSSR count). The van der Waals surface area contributed by atoms with Gasteiger partial charge >= 0.3 is 0 Å². The van der Waals surface area contributed by atoms with Crippen molar-refractivity contribution in [2.75, 3.05) is 6.61 Å². The molecule has 0 N–H and O–H groups in total. The molecule has 1 aliphatic rings. The van der Waals surface area contributed by atoms with E-state index >= 15 is 0 Å². The van der Waals surface area contributed by atoms with Crippen molar-refractivity contribution in [3.63, 3.8) is 0 Å². The molecule has 1 fully saturated rings. The molecule has 3 nitrogen and oxygen atoms in total. The molecule has 21 heavy (non-hydrogen) atoms. The van der Waals surface area contributed by atoms with Gasteiger partial charge in [-0.25, -0.2) is 0 Å². The Morgan fingerprint density at radius 3 is 2.62 bits per heavy atom. The van der Waals surface area contributed by atoms with Crippen LogP contribution in [0, 0.1) is 12.8 Å². The number of carbonyl (C=O) groups is 1. The number of benzene rings is 1. The third-order valence-corrected chi connectivity index (χ3v) is 4.82. The molecule has 0 spiro atoms. The first-order chi connectivity index (χ1) is 10.1. The van der Waals surface area contributed by atoms with Gasteiger partial charge in [-0.2, -0.15) is 0 Å². The Kier molecular flexibility index (Phi) is 6.24. The fourth-order valence-corrected chi connectivity index (χ4v) is 2.89. The van der Waals surface area contributed by atoms with Gasteiger partial charge in [0, 0.05) is 16.0 Å². The predicted molar refractivity (Wildman–Crippen MR) is 86.7 cm³/mol. The van der Waals surface area contributed by atoms with Gasteiger partial charge in [0.1, 0.15) is 12.0 Å². The van der Waals surface area contributed by atoms with Gasteiger partial charge in [0.05, 0.1) is 18.8 Å². The van der Waals surface area contributed by atoms with E-state index in [9.17, 15) is 4.79 Å². The van der Waals surface area contributed by atoms with E-state index in [1.165, 1.54) is 0 Å². The van der Waals surface area contributed by atoms with Crippen molar-refractivity contribution < 1.29 is 14.3 Å². The van der Waals surface area contributed by atoms with Crippen molar-refractivity contribution in [3.05, 3.63) is 28.2 Å². The third kappa shape index (κ3) is 4.82. The lowest BCUT2D eigenvalue weighted by molar-refractivity contribution is -0.113. The molecule has 1 saturated carbocycles. The summed E-state index contributed by atoms with van der Waals surface area (Å²) in [5.74, 6) is 0.951. The van der Waals surface area contributed by atoms with Crippen LogP contribution in [0.3, 0.4) is 0 Å². The molecule has 4 heteroatoms. The summed E-state index contributed by atoms with van der Waals surface area (Å²) in [6, 6.07) is 6.05. The van der Waals surface area contributed by atoms with E-state index in [1.807, 2.05) is 25.1 Å². The Morgan fingerprint density at radius 1 is 1.29 bits per heavy atom. The Morgan fingerprint density at radius 2 is 1.95 bits per heavy atom. The number of halogens is 1. The fourth-order valence-electron chi connectivity index (χ4n) is 2.54. The zero-order valence-corrected chi connectivity index (χ0v) is 14.3. The monoisotopic (exact) mass is 354 g/mol. The predicted octanol–water partition coefficient (Wildman–Crippen LogP) is 4.30. The summed E-state index contributed by atoms with van der Waals surface area (Å²) in [6.07, 6.45) is 5.51. The number of ether oxygens (including phenoxy) is 2. The first-order valence-electron chi connectivity index (χ1n) is 7.58. The Hall–Kier alpha value is -0.870. The molecule has 0 radical (unpaired) electrons. The molecule has 0 amide bonds. The first kappa shape index (κ1) is 16.5. The smallest absolute Gasteiger partial charge is 0.125 e. The van der Waals surface area contributed by atoms with Crippen LogP contribution < -0.4 is 4.74 Å². The van der Waals surface area contributed by atoms with E-state index in [4.69, 9.17) is 9.47 Å². The molecular formula is C17H23BrO3. The molecule has 0 saturated heterocycles. The van der Waals surface area contributed by atoms with Gasteiger partial charge in [-0.3, -0.25) is 0 Å². The van der Waals surface area contributed by atoms with Crippen LogP contribution in [-0.4, -0.2) is 25.1 Å². The number of carbonyl (C=O) groups excluding carboxylic acids is 1. The van der Waals surface area contributed by atoms with Gasteiger partial charge in [-0.05, 0) is 44.7 Å². The summed E-state index contributed by atoms with van der Waals surface area (Å²) in [6.45, 7) is 4.48. The van der Waals surface area contributed by atoms with Crippen LogP contribution in [0.2, 0.25) is 0 Å². The molecular weight excluding hydrogens is 332 g/mol. The highest BCUT2D eigenvalue weighted by molar-refractivity contribution is 9.10. The highest BCUT2D eigenvalue weighted by atomic mass is 79.9. The lowest BCUT2D eigenvalue weighted by Crippen LogP contribution is -2.29. The lowest BCUT2D eigenvalue weighted by atomic mass is 9.94. The molecule has 0 aromatic heterocycles. The largest absolute Gasteiger partial charge is 0.490 e. The molecule has 1 aromatic rings. The summed E-state index contributed by atoms with van der Waals surface area (Å²) in [7, 11) is 0. The van der Waals surface area contributed by atoms with Crippen molar-refractivity contribution in [1.29, 1.82) is 0 Å². The summed E-state index contributed by atoms with van der Waals surface area (Å²) < 4.78 is 13.0. The van der Waals surface area contributed by atoms with Crippen molar-refractivity contribution in [2.45, 2.75) is 51.7 Å². The maximum atomic E-state index is 10.6. The standard InChI is InChI=1S/C17H23BrO3/c1-12(10-19)11-20-14-6-8-15(9-7-14)21-17-5-3-4-16(18)13(17)2/h3-5,10,12,14-15H,6-9,11H2,1-2H3/t12-,14?,15?/m1/s1. The Labute approximate surface area is 135 Å². The molecule has 1 aromatic carbocycles. The lowest BCUT2D eigenvalue weighted by Gasteiger charge is -2.29. The molecule has 0 heterocycles. The Bertz CT molecular complexity index is 467. The van der Waals surface area contributed by atoms with Crippen LogP contribution in [-0.2, 0) is 9.53 Å². The second-order valence-electron chi connectivity index (χ2n) is 5.83.